The highest BCUT2D eigenvalue weighted by atomic mass is 15.2. The van der Waals surface area contributed by atoms with Crippen LogP contribution in [0.15, 0.2) is 30.3 Å². The molecule has 0 amide bonds. The lowest BCUT2D eigenvalue weighted by atomic mass is 9.95. The van der Waals surface area contributed by atoms with Crippen molar-refractivity contribution in [3.05, 3.63) is 35.9 Å². The van der Waals surface area contributed by atoms with Gasteiger partial charge in [-0.05, 0) is 50.9 Å². The summed E-state index contributed by atoms with van der Waals surface area (Å²) in [6.45, 7) is 5.99. The molecule has 0 saturated carbocycles. The summed E-state index contributed by atoms with van der Waals surface area (Å²) in [5.74, 6) is 0.636. The Morgan fingerprint density at radius 2 is 2.05 bits per heavy atom. The van der Waals surface area contributed by atoms with Crippen molar-refractivity contribution in [3.8, 4) is 0 Å². The van der Waals surface area contributed by atoms with Crippen LogP contribution < -0.4 is 5.32 Å². The maximum absolute atomic E-state index is 3.29. The molecule has 106 valence electrons. The predicted octanol–water partition coefficient (Wildman–Crippen LogP) is 3.25. The minimum atomic E-state index is 0.636. The summed E-state index contributed by atoms with van der Waals surface area (Å²) in [6.07, 6.45) is 5.45. The molecule has 0 aliphatic carbocycles. The molecule has 2 unspecified atom stereocenters. The molecular formula is C17H28N2. The maximum Gasteiger partial charge on any atom is 0.0108 e. The monoisotopic (exact) mass is 260 g/mol. The summed E-state index contributed by atoms with van der Waals surface area (Å²) in [5, 5.41) is 3.29. The Bertz CT molecular complexity index is 350. The summed E-state index contributed by atoms with van der Waals surface area (Å²) < 4.78 is 0. The van der Waals surface area contributed by atoms with Crippen molar-refractivity contribution in [2.24, 2.45) is 0 Å². The second-order valence-electron chi connectivity index (χ2n) is 5.85. The van der Waals surface area contributed by atoms with E-state index < -0.39 is 0 Å². The Morgan fingerprint density at radius 1 is 1.26 bits per heavy atom. The fourth-order valence-corrected chi connectivity index (χ4v) is 3.18. The van der Waals surface area contributed by atoms with Crippen molar-refractivity contribution in [1.29, 1.82) is 0 Å². The van der Waals surface area contributed by atoms with Gasteiger partial charge >= 0.3 is 0 Å². The van der Waals surface area contributed by atoms with E-state index in [-0.39, 0.29) is 0 Å². The van der Waals surface area contributed by atoms with Crippen molar-refractivity contribution in [3.63, 3.8) is 0 Å². The van der Waals surface area contributed by atoms with E-state index in [0.29, 0.717) is 5.92 Å². The van der Waals surface area contributed by atoms with E-state index in [0.717, 1.165) is 12.6 Å². The van der Waals surface area contributed by atoms with Gasteiger partial charge in [0.05, 0.1) is 0 Å². The van der Waals surface area contributed by atoms with Gasteiger partial charge in [0, 0.05) is 12.6 Å². The van der Waals surface area contributed by atoms with Crippen LogP contribution in [0.5, 0.6) is 0 Å². The molecule has 2 nitrogen and oxygen atoms in total. The largest absolute Gasteiger partial charge is 0.320 e. The molecule has 2 atom stereocenters. The van der Waals surface area contributed by atoms with Gasteiger partial charge in [-0.3, -0.25) is 4.90 Å². The van der Waals surface area contributed by atoms with Crippen molar-refractivity contribution in [1.82, 2.24) is 10.2 Å². The lowest BCUT2D eigenvalue weighted by molar-refractivity contribution is 0.134. The van der Waals surface area contributed by atoms with Crippen LogP contribution in [0, 0.1) is 0 Å². The zero-order valence-electron chi connectivity index (χ0n) is 12.4. The summed E-state index contributed by atoms with van der Waals surface area (Å²) in [6, 6.07) is 11.7. The first-order valence-corrected chi connectivity index (χ1v) is 7.75. The van der Waals surface area contributed by atoms with Gasteiger partial charge in [-0.1, -0.05) is 43.7 Å². The van der Waals surface area contributed by atoms with Crippen LogP contribution in [-0.4, -0.2) is 37.6 Å². The number of nitrogens with one attached hydrogen (secondary N) is 1. The second kappa shape index (κ2) is 7.66. The summed E-state index contributed by atoms with van der Waals surface area (Å²) in [7, 11) is 2.06. The van der Waals surface area contributed by atoms with Gasteiger partial charge in [-0.2, -0.15) is 0 Å². The molecule has 0 spiro atoms. The number of likely N-dealkylation sites (tertiary alicyclic amines) is 1. The van der Waals surface area contributed by atoms with E-state index in [2.05, 4.69) is 54.5 Å². The molecule has 1 fully saturated rings. The third-order valence-corrected chi connectivity index (χ3v) is 4.35. The number of hydrogen-bond acceptors (Lipinski definition) is 2. The molecule has 1 N–H and O–H groups in total. The quantitative estimate of drug-likeness (QED) is 0.844. The predicted molar refractivity (Wildman–Crippen MR) is 82.6 cm³/mol. The molecule has 1 aliphatic rings. The maximum atomic E-state index is 3.29. The molecule has 19 heavy (non-hydrogen) atoms. The molecule has 1 heterocycles. The molecule has 1 aromatic rings. The molecular weight excluding hydrogens is 232 g/mol. The van der Waals surface area contributed by atoms with E-state index in [9.17, 15) is 0 Å². The van der Waals surface area contributed by atoms with Gasteiger partial charge in [0.2, 0.25) is 0 Å². The molecule has 0 radical (unpaired) electrons. The first-order valence-electron chi connectivity index (χ1n) is 7.75. The zero-order valence-corrected chi connectivity index (χ0v) is 12.4. The zero-order chi connectivity index (χ0) is 13.5. The Hall–Kier alpha value is -0.860. The normalized spacial score (nSPS) is 22.3. The van der Waals surface area contributed by atoms with E-state index in [1.807, 2.05) is 0 Å². The molecule has 2 heteroatoms. The molecule has 2 rings (SSSR count). The highest BCUT2D eigenvalue weighted by molar-refractivity contribution is 5.19. The fourth-order valence-electron chi connectivity index (χ4n) is 3.18. The summed E-state index contributed by atoms with van der Waals surface area (Å²) in [5.41, 5.74) is 1.47. The standard InChI is InChI=1S/C17H28N2/c1-15(16-8-4-3-5-9-16)14-19-13-7-6-10-17(19)11-12-18-2/h3-5,8-9,15,17-18H,6-7,10-14H2,1-2H3. The second-order valence-corrected chi connectivity index (χ2v) is 5.85. The first-order chi connectivity index (χ1) is 9.31. The van der Waals surface area contributed by atoms with E-state index in [1.165, 1.54) is 44.3 Å². The highest BCUT2D eigenvalue weighted by Gasteiger charge is 2.23. The third-order valence-electron chi connectivity index (χ3n) is 4.35. The number of piperidine rings is 1. The van der Waals surface area contributed by atoms with Crippen LogP contribution in [0.1, 0.15) is 44.1 Å². The van der Waals surface area contributed by atoms with Crippen molar-refractivity contribution in [2.45, 2.75) is 44.6 Å². The van der Waals surface area contributed by atoms with Gasteiger partial charge in [0.25, 0.3) is 0 Å². The Labute approximate surface area is 118 Å². The Balaban J connectivity index is 1.91. The Morgan fingerprint density at radius 3 is 2.79 bits per heavy atom. The van der Waals surface area contributed by atoms with Gasteiger partial charge in [0.1, 0.15) is 0 Å². The topological polar surface area (TPSA) is 15.3 Å². The van der Waals surface area contributed by atoms with Crippen LogP contribution in [0.2, 0.25) is 0 Å². The van der Waals surface area contributed by atoms with Gasteiger partial charge in [0.15, 0.2) is 0 Å². The molecule has 0 aromatic heterocycles. The van der Waals surface area contributed by atoms with Crippen molar-refractivity contribution < 1.29 is 0 Å². The Kier molecular flexibility index (Phi) is 5.87. The number of hydrogen-bond donors (Lipinski definition) is 1. The number of rotatable bonds is 6. The molecule has 1 aliphatic heterocycles. The minimum absolute atomic E-state index is 0.636. The van der Waals surface area contributed by atoms with Crippen molar-refractivity contribution in [2.75, 3.05) is 26.7 Å². The van der Waals surface area contributed by atoms with Crippen LogP contribution in [0.25, 0.3) is 0 Å². The summed E-state index contributed by atoms with van der Waals surface area (Å²) >= 11 is 0. The van der Waals surface area contributed by atoms with Crippen molar-refractivity contribution >= 4 is 0 Å². The highest BCUT2D eigenvalue weighted by Crippen LogP contribution is 2.24. The smallest absolute Gasteiger partial charge is 0.0108 e. The van der Waals surface area contributed by atoms with Crippen LogP contribution >= 0.6 is 0 Å². The first kappa shape index (κ1) is 14.5. The lowest BCUT2D eigenvalue weighted by Crippen LogP contribution is -2.42. The van der Waals surface area contributed by atoms with Crippen LogP contribution in [0.4, 0.5) is 0 Å². The van der Waals surface area contributed by atoms with E-state index >= 15 is 0 Å². The van der Waals surface area contributed by atoms with E-state index in [4.69, 9.17) is 0 Å². The van der Waals surface area contributed by atoms with Gasteiger partial charge < -0.3 is 5.32 Å². The number of nitrogens with zero attached hydrogens (tertiary/aromatic N) is 1. The molecule has 0 bridgehead atoms. The third kappa shape index (κ3) is 4.32. The van der Waals surface area contributed by atoms with Crippen LogP contribution in [-0.2, 0) is 0 Å². The average Bonchev–Trinajstić information content (AvgIpc) is 2.47. The van der Waals surface area contributed by atoms with Crippen LogP contribution in [0.3, 0.4) is 0 Å². The summed E-state index contributed by atoms with van der Waals surface area (Å²) in [4.78, 5) is 2.72. The lowest BCUT2D eigenvalue weighted by Gasteiger charge is -2.37. The number of benzene rings is 1. The molecule has 1 saturated heterocycles. The fraction of sp³-hybridized carbons (Fsp3) is 0.647. The molecule has 1 aromatic carbocycles. The van der Waals surface area contributed by atoms with E-state index in [1.54, 1.807) is 0 Å². The van der Waals surface area contributed by atoms with Gasteiger partial charge in [-0.15, -0.1) is 0 Å². The van der Waals surface area contributed by atoms with Gasteiger partial charge in [-0.25, -0.2) is 0 Å². The average molecular weight is 260 g/mol. The minimum Gasteiger partial charge on any atom is -0.320 e. The SMILES string of the molecule is CNCCC1CCCCN1CC(C)c1ccccc1.